The van der Waals surface area contributed by atoms with Crippen LogP contribution in [0.5, 0.6) is 0 Å². The Morgan fingerprint density at radius 3 is 2.09 bits per heavy atom. The van der Waals surface area contributed by atoms with Gasteiger partial charge in [-0.3, -0.25) is 9.59 Å². The second-order valence-corrected chi connectivity index (χ2v) is 9.41. The zero-order valence-corrected chi connectivity index (χ0v) is 20.7. The molecule has 0 spiro atoms. The van der Waals surface area contributed by atoms with Crippen molar-refractivity contribution in [2.45, 2.75) is 30.8 Å². The van der Waals surface area contributed by atoms with Crippen LogP contribution in [-0.2, 0) is 22.6 Å². The molecule has 0 radical (unpaired) electrons. The van der Waals surface area contributed by atoms with Crippen LogP contribution in [0.15, 0.2) is 83.8 Å². The summed E-state index contributed by atoms with van der Waals surface area (Å²) in [5, 5.41) is 4.17. The topological polar surface area (TPSA) is 49.4 Å². The van der Waals surface area contributed by atoms with Crippen LogP contribution in [-0.4, -0.2) is 35.1 Å². The summed E-state index contributed by atoms with van der Waals surface area (Å²) in [5.41, 5.74) is 1.90. The number of thioether (sulfide) groups is 1. The summed E-state index contributed by atoms with van der Waals surface area (Å²) in [4.78, 5) is 29.2. The molecule has 0 bridgehead atoms. The van der Waals surface area contributed by atoms with Gasteiger partial charge in [0.15, 0.2) is 0 Å². The molecule has 172 valence electrons. The third-order valence-corrected chi connectivity index (χ3v) is 6.56. The first-order chi connectivity index (χ1) is 16.0. The Morgan fingerprint density at radius 2 is 1.48 bits per heavy atom. The zero-order valence-electron chi connectivity index (χ0n) is 18.3. The number of amides is 2. The summed E-state index contributed by atoms with van der Waals surface area (Å²) in [5.74, 6) is -0.0721. The predicted octanol–water partition coefficient (Wildman–Crippen LogP) is 5.86. The quantitative estimate of drug-likeness (QED) is 0.354. The number of benzene rings is 3. The van der Waals surface area contributed by atoms with Crippen LogP contribution < -0.4 is 5.32 Å². The Labute approximate surface area is 209 Å². The lowest BCUT2D eigenvalue weighted by atomic mass is 10.0. The number of hydrogen-bond donors (Lipinski definition) is 1. The van der Waals surface area contributed by atoms with E-state index in [1.807, 2.05) is 61.5 Å². The summed E-state index contributed by atoms with van der Waals surface area (Å²) in [6.45, 7) is 2.68. The molecule has 0 aliphatic rings. The third kappa shape index (κ3) is 7.81. The SMILES string of the molecule is CCNC(=O)C(Cc1ccccc1)N(Cc1ccc(Cl)cc1)C(=O)CSc1ccc(Cl)cc1. The molecule has 3 aromatic carbocycles. The van der Waals surface area contributed by atoms with Gasteiger partial charge in [0.25, 0.3) is 0 Å². The molecule has 3 aromatic rings. The van der Waals surface area contributed by atoms with E-state index in [4.69, 9.17) is 23.2 Å². The number of rotatable bonds is 10. The summed E-state index contributed by atoms with van der Waals surface area (Å²) in [6, 6.07) is 23.8. The molecular formula is C26H26Cl2N2O2S. The minimum atomic E-state index is -0.638. The highest BCUT2D eigenvalue weighted by Crippen LogP contribution is 2.23. The van der Waals surface area contributed by atoms with E-state index >= 15 is 0 Å². The summed E-state index contributed by atoms with van der Waals surface area (Å²) >= 11 is 13.4. The van der Waals surface area contributed by atoms with Crippen LogP contribution in [0.25, 0.3) is 0 Å². The number of halogens is 2. The van der Waals surface area contributed by atoms with Crippen LogP contribution >= 0.6 is 35.0 Å². The predicted molar refractivity (Wildman–Crippen MR) is 137 cm³/mol. The highest BCUT2D eigenvalue weighted by atomic mass is 35.5. The maximum absolute atomic E-state index is 13.5. The first-order valence-electron chi connectivity index (χ1n) is 10.7. The number of carbonyl (C=O) groups excluding carboxylic acids is 2. The second kappa shape index (κ2) is 12.7. The van der Waals surface area contributed by atoms with E-state index in [0.29, 0.717) is 29.6 Å². The Hall–Kier alpha value is -2.47. The summed E-state index contributed by atoms with van der Waals surface area (Å²) < 4.78 is 0. The molecule has 2 amide bonds. The van der Waals surface area contributed by atoms with Crippen LogP contribution in [0.4, 0.5) is 0 Å². The van der Waals surface area contributed by atoms with Gasteiger partial charge in [-0.25, -0.2) is 0 Å². The minimum Gasteiger partial charge on any atom is -0.355 e. The fourth-order valence-electron chi connectivity index (χ4n) is 3.39. The number of nitrogens with zero attached hydrogens (tertiary/aromatic N) is 1. The first-order valence-corrected chi connectivity index (χ1v) is 12.4. The average molecular weight is 501 g/mol. The van der Waals surface area contributed by atoms with Crippen LogP contribution in [0, 0.1) is 0 Å². The van der Waals surface area contributed by atoms with E-state index in [9.17, 15) is 9.59 Å². The molecule has 1 unspecified atom stereocenters. The number of carbonyl (C=O) groups is 2. The van der Waals surface area contributed by atoms with E-state index in [0.717, 1.165) is 16.0 Å². The van der Waals surface area contributed by atoms with Crippen molar-refractivity contribution in [3.63, 3.8) is 0 Å². The van der Waals surface area contributed by atoms with Crippen molar-refractivity contribution in [3.05, 3.63) is 100 Å². The number of likely N-dealkylation sites (N-methyl/N-ethyl adjacent to an activating group) is 1. The van der Waals surface area contributed by atoms with Gasteiger partial charge in [-0.1, -0.05) is 65.7 Å². The number of nitrogens with one attached hydrogen (secondary N) is 1. The molecular weight excluding hydrogens is 475 g/mol. The van der Waals surface area contributed by atoms with Crippen molar-refractivity contribution >= 4 is 46.8 Å². The van der Waals surface area contributed by atoms with Gasteiger partial charge >= 0.3 is 0 Å². The number of hydrogen-bond acceptors (Lipinski definition) is 3. The van der Waals surface area contributed by atoms with E-state index in [1.54, 1.807) is 29.2 Å². The summed E-state index contributed by atoms with van der Waals surface area (Å²) in [6.07, 6.45) is 0.428. The van der Waals surface area contributed by atoms with Crippen molar-refractivity contribution in [2.24, 2.45) is 0 Å². The Balaban J connectivity index is 1.87. The molecule has 3 rings (SSSR count). The van der Waals surface area contributed by atoms with E-state index < -0.39 is 6.04 Å². The molecule has 33 heavy (non-hydrogen) atoms. The van der Waals surface area contributed by atoms with Gasteiger partial charge in [0.1, 0.15) is 6.04 Å². The van der Waals surface area contributed by atoms with Crippen molar-refractivity contribution in [1.82, 2.24) is 10.2 Å². The van der Waals surface area contributed by atoms with Crippen molar-refractivity contribution < 1.29 is 9.59 Å². The molecule has 0 heterocycles. The molecule has 0 aliphatic carbocycles. The lowest BCUT2D eigenvalue weighted by molar-refractivity contribution is -0.139. The Kier molecular flexibility index (Phi) is 9.67. The van der Waals surface area contributed by atoms with Gasteiger partial charge in [0.05, 0.1) is 5.75 Å². The van der Waals surface area contributed by atoms with Crippen molar-refractivity contribution in [2.75, 3.05) is 12.3 Å². The smallest absolute Gasteiger partial charge is 0.243 e. The van der Waals surface area contributed by atoms with Gasteiger partial charge in [0, 0.05) is 34.5 Å². The first kappa shape index (κ1) is 25.2. The minimum absolute atomic E-state index is 0.114. The summed E-state index contributed by atoms with van der Waals surface area (Å²) in [7, 11) is 0. The van der Waals surface area contributed by atoms with E-state index in [1.165, 1.54) is 11.8 Å². The standard InChI is InChI=1S/C26H26Cl2N2O2S/c1-2-29-26(32)24(16-19-6-4-3-5-7-19)30(17-20-8-10-21(27)11-9-20)25(31)18-33-23-14-12-22(28)13-15-23/h3-15,24H,2,16-18H2,1H3,(H,29,32). The maximum Gasteiger partial charge on any atom is 0.243 e. The lowest BCUT2D eigenvalue weighted by Crippen LogP contribution is -2.51. The van der Waals surface area contributed by atoms with Gasteiger partial charge < -0.3 is 10.2 Å². The van der Waals surface area contributed by atoms with E-state index in [-0.39, 0.29) is 17.6 Å². The molecule has 1 N–H and O–H groups in total. The zero-order chi connectivity index (χ0) is 23.6. The Morgan fingerprint density at radius 1 is 0.879 bits per heavy atom. The Bertz CT molecular complexity index is 1040. The average Bonchev–Trinajstić information content (AvgIpc) is 2.82. The van der Waals surface area contributed by atoms with Crippen LogP contribution in [0.2, 0.25) is 10.0 Å². The fourth-order valence-corrected chi connectivity index (χ4v) is 4.43. The van der Waals surface area contributed by atoms with Crippen LogP contribution in [0.1, 0.15) is 18.1 Å². The molecule has 0 aromatic heterocycles. The maximum atomic E-state index is 13.5. The molecule has 4 nitrogen and oxygen atoms in total. The van der Waals surface area contributed by atoms with Gasteiger partial charge in [-0.2, -0.15) is 0 Å². The largest absolute Gasteiger partial charge is 0.355 e. The van der Waals surface area contributed by atoms with Crippen molar-refractivity contribution in [3.8, 4) is 0 Å². The third-order valence-electron chi connectivity index (χ3n) is 5.06. The van der Waals surface area contributed by atoms with Crippen molar-refractivity contribution in [1.29, 1.82) is 0 Å². The lowest BCUT2D eigenvalue weighted by Gasteiger charge is -2.31. The normalized spacial score (nSPS) is 11.6. The molecule has 1 atom stereocenters. The monoisotopic (exact) mass is 500 g/mol. The molecule has 0 saturated carbocycles. The fraction of sp³-hybridized carbons (Fsp3) is 0.231. The van der Waals surface area contributed by atoms with Gasteiger partial charge in [0.2, 0.25) is 11.8 Å². The molecule has 0 saturated heterocycles. The second-order valence-electron chi connectivity index (χ2n) is 7.49. The highest BCUT2D eigenvalue weighted by molar-refractivity contribution is 8.00. The molecule has 7 heteroatoms. The highest BCUT2D eigenvalue weighted by Gasteiger charge is 2.30. The molecule has 0 aliphatic heterocycles. The molecule has 0 fully saturated rings. The van der Waals surface area contributed by atoms with Gasteiger partial charge in [-0.15, -0.1) is 11.8 Å². The van der Waals surface area contributed by atoms with Gasteiger partial charge in [-0.05, 0) is 54.4 Å². The van der Waals surface area contributed by atoms with Crippen LogP contribution in [0.3, 0.4) is 0 Å². The van der Waals surface area contributed by atoms with E-state index in [2.05, 4.69) is 5.32 Å².